The minimum absolute atomic E-state index is 0.242. The highest BCUT2D eigenvalue weighted by Crippen LogP contribution is 2.28. The van der Waals surface area contributed by atoms with Crippen molar-refractivity contribution < 1.29 is 9.21 Å². The quantitative estimate of drug-likeness (QED) is 0.782. The second kappa shape index (κ2) is 5.26. The number of aromatic nitrogens is 2. The fourth-order valence-corrected chi connectivity index (χ4v) is 3.25. The van der Waals surface area contributed by atoms with Crippen molar-refractivity contribution in [3.63, 3.8) is 0 Å². The van der Waals surface area contributed by atoms with E-state index in [-0.39, 0.29) is 5.91 Å². The molecule has 1 aliphatic heterocycles. The Morgan fingerprint density at radius 3 is 2.96 bits per heavy atom. The minimum Gasteiger partial charge on any atom is -0.450 e. The lowest BCUT2D eigenvalue weighted by atomic mass is 10.1. The Kier molecular flexibility index (Phi) is 3.22. The van der Waals surface area contributed by atoms with Gasteiger partial charge < -0.3 is 9.73 Å². The van der Waals surface area contributed by atoms with E-state index in [1.807, 2.05) is 42.8 Å². The Hall–Kier alpha value is -2.56. The van der Waals surface area contributed by atoms with Gasteiger partial charge in [0.2, 0.25) is 0 Å². The Morgan fingerprint density at radius 2 is 2.17 bits per heavy atom. The molecule has 3 heterocycles. The van der Waals surface area contributed by atoms with Gasteiger partial charge in [-0.2, -0.15) is 5.10 Å². The third kappa shape index (κ3) is 2.32. The van der Waals surface area contributed by atoms with Crippen LogP contribution in [0.1, 0.15) is 40.2 Å². The molecule has 3 aromatic rings. The first-order valence-electron chi connectivity index (χ1n) is 8.00. The van der Waals surface area contributed by atoms with Gasteiger partial charge >= 0.3 is 0 Å². The molecular formula is C18H19N3O2. The van der Waals surface area contributed by atoms with E-state index in [9.17, 15) is 4.79 Å². The number of nitrogens with zero attached hydrogens (tertiary/aromatic N) is 2. The second-order valence-corrected chi connectivity index (χ2v) is 6.16. The average Bonchev–Trinajstić information content (AvgIpc) is 3.09. The molecule has 23 heavy (non-hydrogen) atoms. The number of anilines is 1. The van der Waals surface area contributed by atoms with Gasteiger partial charge in [0.05, 0.1) is 0 Å². The number of furan rings is 1. The molecule has 5 nitrogen and oxygen atoms in total. The molecule has 0 saturated heterocycles. The topological polar surface area (TPSA) is 60.1 Å². The number of carbonyl (C=O) groups excluding carboxylic acids is 1. The van der Waals surface area contributed by atoms with Gasteiger partial charge in [0.15, 0.2) is 11.6 Å². The van der Waals surface area contributed by atoms with E-state index < -0.39 is 0 Å². The van der Waals surface area contributed by atoms with Crippen molar-refractivity contribution >= 4 is 22.7 Å². The first-order valence-corrected chi connectivity index (χ1v) is 8.00. The molecule has 118 valence electrons. The molecule has 0 aliphatic carbocycles. The number of rotatable bonds is 2. The van der Waals surface area contributed by atoms with Crippen LogP contribution < -0.4 is 5.32 Å². The predicted molar refractivity (Wildman–Crippen MR) is 88.8 cm³/mol. The number of para-hydroxylation sites is 1. The molecule has 0 fully saturated rings. The number of amides is 1. The van der Waals surface area contributed by atoms with Crippen molar-refractivity contribution in [2.75, 3.05) is 5.32 Å². The third-order valence-corrected chi connectivity index (χ3v) is 4.52. The molecule has 0 saturated carbocycles. The highest BCUT2D eigenvalue weighted by atomic mass is 16.3. The van der Waals surface area contributed by atoms with Gasteiger partial charge in [-0.1, -0.05) is 18.2 Å². The van der Waals surface area contributed by atoms with E-state index in [1.165, 1.54) is 12.1 Å². The summed E-state index contributed by atoms with van der Waals surface area (Å²) >= 11 is 0. The van der Waals surface area contributed by atoms with Crippen LogP contribution in [0, 0.1) is 13.8 Å². The van der Waals surface area contributed by atoms with Gasteiger partial charge in [-0.05, 0) is 38.7 Å². The van der Waals surface area contributed by atoms with Gasteiger partial charge in [0.25, 0.3) is 5.91 Å². The van der Waals surface area contributed by atoms with Crippen LogP contribution in [0.15, 0.2) is 28.7 Å². The zero-order valence-corrected chi connectivity index (χ0v) is 13.3. The van der Waals surface area contributed by atoms with Crippen molar-refractivity contribution in [2.24, 2.45) is 0 Å². The summed E-state index contributed by atoms with van der Waals surface area (Å²) in [5.74, 6) is 0.720. The molecule has 0 bridgehead atoms. The molecule has 5 heteroatoms. The maximum atomic E-state index is 12.6. The SMILES string of the molecule is Cc1c(C(=O)Nc2cc3n(n2)CCCC3)oc2c(C)cccc12. The lowest BCUT2D eigenvalue weighted by Gasteiger charge is -2.11. The van der Waals surface area contributed by atoms with Crippen molar-refractivity contribution in [1.82, 2.24) is 9.78 Å². The number of fused-ring (bicyclic) bond motifs is 2. The van der Waals surface area contributed by atoms with Crippen LogP contribution in [-0.4, -0.2) is 15.7 Å². The predicted octanol–water partition coefficient (Wildman–Crippen LogP) is 3.83. The molecule has 2 aromatic heterocycles. The summed E-state index contributed by atoms with van der Waals surface area (Å²) in [6.45, 7) is 4.82. The van der Waals surface area contributed by atoms with Crippen molar-refractivity contribution in [3.05, 3.63) is 46.8 Å². The molecule has 0 unspecified atom stereocenters. The lowest BCUT2D eigenvalue weighted by molar-refractivity contribution is 0.0997. The molecule has 1 aromatic carbocycles. The lowest BCUT2D eigenvalue weighted by Crippen LogP contribution is -2.13. The third-order valence-electron chi connectivity index (χ3n) is 4.52. The number of hydrogen-bond acceptors (Lipinski definition) is 3. The van der Waals surface area contributed by atoms with Gasteiger partial charge in [0, 0.05) is 29.3 Å². The smallest absolute Gasteiger partial charge is 0.292 e. The van der Waals surface area contributed by atoms with E-state index >= 15 is 0 Å². The summed E-state index contributed by atoms with van der Waals surface area (Å²) < 4.78 is 7.80. The van der Waals surface area contributed by atoms with Crippen LogP contribution in [0.3, 0.4) is 0 Å². The van der Waals surface area contributed by atoms with E-state index in [0.717, 1.165) is 41.5 Å². The Bertz CT molecular complexity index is 881. The van der Waals surface area contributed by atoms with Gasteiger partial charge in [-0.3, -0.25) is 9.48 Å². The molecule has 0 radical (unpaired) electrons. The molecule has 0 spiro atoms. The molecular weight excluding hydrogens is 290 g/mol. The monoisotopic (exact) mass is 309 g/mol. The van der Waals surface area contributed by atoms with Crippen LogP contribution in [0.25, 0.3) is 11.0 Å². The molecule has 4 rings (SSSR count). The summed E-state index contributed by atoms with van der Waals surface area (Å²) in [4.78, 5) is 12.6. The zero-order chi connectivity index (χ0) is 16.0. The van der Waals surface area contributed by atoms with Gasteiger partial charge in [-0.15, -0.1) is 0 Å². The summed E-state index contributed by atoms with van der Waals surface area (Å²) in [6.07, 6.45) is 3.34. The summed E-state index contributed by atoms with van der Waals surface area (Å²) in [6, 6.07) is 7.90. The maximum Gasteiger partial charge on any atom is 0.292 e. The zero-order valence-electron chi connectivity index (χ0n) is 13.3. The van der Waals surface area contributed by atoms with Crippen molar-refractivity contribution in [1.29, 1.82) is 0 Å². The van der Waals surface area contributed by atoms with Crippen LogP contribution in [0.5, 0.6) is 0 Å². The number of nitrogens with one attached hydrogen (secondary N) is 1. The highest BCUT2D eigenvalue weighted by Gasteiger charge is 2.20. The number of aryl methyl sites for hydroxylation is 4. The van der Waals surface area contributed by atoms with Crippen LogP contribution in [-0.2, 0) is 13.0 Å². The standard InChI is InChI=1S/C18H19N3O2/c1-11-6-5-8-14-12(2)17(23-16(11)14)18(22)19-15-10-13-7-3-4-9-21(13)20-15/h5-6,8,10H,3-4,7,9H2,1-2H3,(H,19,20,22). The fraction of sp³-hybridized carbons (Fsp3) is 0.333. The first-order chi connectivity index (χ1) is 11.1. The number of hydrogen-bond donors (Lipinski definition) is 1. The average molecular weight is 309 g/mol. The van der Waals surface area contributed by atoms with Crippen LogP contribution in [0.2, 0.25) is 0 Å². The van der Waals surface area contributed by atoms with Crippen LogP contribution >= 0.6 is 0 Å². The summed E-state index contributed by atoms with van der Waals surface area (Å²) in [5, 5.41) is 8.32. The maximum absolute atomic E-state index is 12.6. The highest BCUT2D eigenvalue weighted by molar-refractivity contribution is 6.06. The number of carbonyl (C=O) groups is 1. The molecule has 1 amide bonds. The molecule has 1 N–H and O–H groups in total. The van der Waals surface area contributed by atoms with E-state index in [0.29, 0.717) is 11.6 Å². The van der Waals surface area contributed by atoms with Crippen molar-refractivity contribution in [3.8, 4) is 0 Å². The summed E-state index contributed by atoms with van der Waals surface area (Å²) in [7, 11) is 0. The van der Waals surface area contributed by atoms with Gasteiger partial charge in [0.1, 0.15) is 5.58 Å². The fourth-order valence-electron chi connectivity index (χ4n) is 3.25. The van der Waals surface area contributed by atoms with Crippen molar-refractivity contribution in [2.45, 2.75) is 39.7 Å². The minimum atomic E-state index is -0.242. The molecule has 1 aliphatic rings. The van der Waals surface area contributed by atoms with Crippen LogP contribution in [0.4, 0.5) is 5.82 Å². The normalized spacial score (nSPS) is 14.0. The van der Waals surface area contributed by atoms with E-state index in [1.54, 1.807) is 0 Å². The molecule has 0 atom stereocenters. The second-order valence-electron chi connectivity index (χ2n) is 6.16. The Labute approximate surface area is 134 Å². The van der Waals surface area contributed by atoms with E-state index in [4.69, 9.17) is 4.42 Å². The van der Waals surface area contributed by atoms with Gasteiger partial charge in [-0.25, -0.2) is 0 Å². The number of benzene rings is 1. The largest absolute Gasteiger partial charge is 0.450 e. The Morgan fingerprint density at radius 1 is 1.30 bits per heavy atom. The first kappa shape index (κ1) is 14.1. The van der Waals surface area contributed by atoms with E-state index in [2.05, 4.69) is 10.4 Å². The Balaban J connectivity index is 1.65. The summed E-state index contributed by atoms with van der Waals surface area (Å²) in [5.41, 5.74) is 3.86.